The summed E-state index contributed by atoms with van der Waals surface area (Å²) in [7, 11) is 5.88. The van der Waals surface area contributed by atoms with Gasteiger partial charge in [-0.3, -0.25) is 9.59 Å². The van der Waals surface area contributed by atoms with Crippen molar-refractivity contribution in [1.29, 1.82) is 0 Å². The number of aromatic nitrogens is 2. The first-order valence-electron chi connectivity index (χ1n) is 9.95. The fraction of sp³-hybridized carbons (Fsp3) is 0.571. The van der Waals surface area contributed by atoms with E-state index in [1.807, 2.05) is 4.90 Å². The van der Waals surface area contributed by atoms with E-state index in [0.29, 0.717) is 41.0 Å². The van der Waals surface area contributed by atoms with Gasteiger partial charge in [0.15, 0.2) is 0 Å². The molecule has 4 atom stereocenters. The maximum atomic E-state index is 13.2. The third kappa shape index (κ3) is 2.53. The number of carbonyl (C=O) groups excluding carboxylic acids is 1. The second-order valence-electron chi connectivity index (χ2n) is 8.87. The van der Waals surface area contributed by atoms with Gasteiger partial charge in [-0.2, -0.15) is 0 Å². The van der Waals surface area contributed by atoms with E-state index in [-0.39, 0.29) is 17.1 Å². The number of rotatable bonds is 3. The Hall–Kier alpha value is -2.25. The first-order valence-corrected chi connectivity index (χ1v) is 9.95. The van der Waals surface area contributed by atoms with Gasteiger partial charge in [0.1, 0.15) is 0 Å². The molecular formula is C21H26N4O3. The van der Waals surface area contributed by atoms with Crippen molar-refractivity contribution in [2.24, 2.45) is 18.9 Å². The smallest absolute Gasteiger partial charge is 0.260 e. The number of carbonyl (C=O) groups is 1. The van der Waals surface area contributed by atoms with Crippen LogP contribution in [0.5, 0.6) is 0 Å². The van der Waals surface area contributed by atoms with Crippen LogP contribution in [-0.2, 0) is 11.8 Å². The van der Waals surface area contributed by atoms with Crippen LogP contribution in [0.1, 0.15) is 23.2 Å². The summed E-state index contributed by atoms with van der Waals surface area (Å²) in [5.41, 5.74) is 0.888. The van der Waals surface area contributed by atoms with Gasteiger partial charge in [-0.15, -0.1) is 0 Å². The minimum Gasteiger partial charge on any atom is -0.369 e. The third-order valence-corrected chi connectivity index (χ3v) is 6.81. The highest BCUT2D eigenvalue weighted by atomic mass is 16.5. The number of likely N-dealkylation sites (tertiary alicyclic amines) is 1. The zero-order chi connectivity index (χ0) is 19.6. The number of benzene rings is 1. The summed E-state index contributed by atoms with van der Waals surface area (Å²) in [6.07, 6.45) is 3.98. The molecule has 1 spiro atoms. The molecule has 4 heterocycles. The highest BCUT2D eigenvalue weighted by molar-refractivity contribution is 5.97. The van der Waals surface area contributed by atoms with Gasteiger partial charge in [0.05, 0.1) is 35.5 Å². The molecule has 0 saturated carbocycles. The highest BCUT2D eigenvalue weighted by Crippen LogP contribution is 2.55. The molecule has 3 saturated heterocycles. The van der Waals surface area contributed by atoms with E-state index in [4.69, 9.17) is 4.74 Å². The molecule has 0 aliphatic carbocycles. The van der Waals surface area contributed by atoms with Crippen LogP contribution in [0.2, 0.25) is 0 Å². The topological polar surface area (TPSA) is 67.7 Å². The van der Waals surface area contributed by atoms with Gasteiger partial charge in [-0.1, -0.05) is 0 Å². The number of fused-ring (bicyclic) bond motifs is 2. The molecule has 1 aromatic carbocycles. The molecule has 0 unspecified atom stereocenters. The molecule has 2 aromatic rings. The average Bonchev–Trinajstić information content (AvgIpc) is 3.33. The number of ether oxygens (including phenoxy) is 1. The first kappa shape index (κ1) is 17.8. The van der Waals surface area contributed by atoms with Crippen LogP contribution in [0.25, 0.3) is 10.9 Å². The average molecular weight is 382 g/mol. The lowest BCUT2D eigenvalue weighted by atomic mass is 9.73. The van der Waals surface area contributed by atoms with E-state index in [9.17, 15) is 9.59 Å². The molecule has 5 rings (SSSR count). The van der Waals surface area contributed by atoms with E-state index in [1.54, 1.807) is 25.2 Å². The number of hydrogen-bond donors (Lipinski definition) is 0. The molecule has 0 radical (unpaired) electrons. The molecular weight excluding hydrogens is 356 g/mol. The largest absolute Gasteiger partial charge is 0.369 e. The molecule has 7 nitrogen and oxygen atoms in total. The van der Waals surface area contributed by atoms with Crippen molar-refractivity contribution in [2.45, 2.75) is 24.5 Å². The van der Waals surface area contributed by atoms with E-state index in [2.05, 4.69) is 24.0 Å². The highest BCUT2D eigenvalue weighted by Gasteiger charge is 2.63. The maximum absolute atomic E-state index is 13.2. The maximum Gasteiger partial charge on any atom is 0.260 e. The van der Waals surface area contributed by atoms with E-state index in [1.165, 1.54) is 10.9 Å². The van der Waals surface area contributed by atoms with Gasteiger partial charge < -0.3 is 19.1 Å². The molecule has 0 N–H and O–H groups in total. The molecule has 1 aromatic heterocycles. The summed E-state index contributed by atoms with van der Waals surface area (Å²) >= 11 is 0. The van der Waals surface area contributed by atoms with Gasteiger partial charge in [-0.05, 0) is 45.1 Å². The fourth-order valence-corrected chi connectivity index (χ4v) is 5.54. The quantitative estimate of drug-likeness (QED) is 0.796. The lowest BCUT2D eigenvalue weighted by Gasteiger charge is -2.30. The number of amides is 1. The Morgan fingerprint density at radius 1 is 1.39 bits per heavy atom. The predicted octanol–water partition coefficient (Wildman–Crippen LogP) is 1.11. The standard InChI is InChI=1S/C21H26N4O3/c1-23(2)9-15-16-10-25(11-21(16)7-6-18(15)28-21)19(26)13-4-5-14-17(8-13)22-12-24(3)20(14)27/h4-5,8,12,15-16,18H,6-7,9-11H2,1-3H3/t15-,16+,18+,21+/m1/s1. The lowest BCUT2D eigenvalue weighted by molar-refractivity contribution is 0.00256. The van der Waals surface area contributed by atoms with Crippen LogP contribution in [0.15, 0.2) is 29.3 Å². The van der Waals surface area contributed by atoms with Crippen molar-refractivity contribution < 1.29 is 9.53 Å². The van der Waals surface area contributed by atoms with Gasteiger partial charge in [-0.25, -0.2) is 4.98 Å². The Labute approximate surface area is 163 Å². The van der Waals surface area contributed by atoms with Crippen LogP contribution in [0, 0.1) is 11.8 Å². The second-order valence-corrected chi connectivity index (χ2v) is 8.87. The minimum atomic E-state index is -0.161. The molecule has 3 fully saturated rings. The summed E-state index contributed by atoms with van der Waals surface area (Å²) < 4.78 is 7.88. The number of hydrogen-bond acceptors (Lipinski definition) is 5. The fourth-order valence-electron chi connectivity index (χ4n) is 5.54. The molecule has 28 heavy (non-hydrogen) atoms. The Bertz CT molecular complexity index is 1020. The lowest BCUT2D eigenvalue weighted by Crippen LogP contribution is -2.40. The number of aryl methyl sites for hydroxylation is 1. The molecule has 7 heteroatoms. The molecule has 2 bridgehead atoms. The van der Waals surface area contributed by atoms with Crippen LogP contribution >= 0.6 is 0 Å². The SMILES string of the molecule is CN(C)C[C@H]1[C@@H]2CC[C@@]3(CN(C(=O)c4ccc5c(=O)n(C)cnc5c4)C[C@@H]13)O2. The summed E-state index contributed by atoms with van der Waals surface area (Å²) in [5, 5.41) is 0.534. The Balaban J connectivity index is 1.42. The zero-order valence-electron chi connectivity index (χ0n) is 16.6. The molecule has 1 amide bonds. The van der Waals surface area contributed by atoms with Gasteiger partial charge >= 0.3 is 0 Å². The van der Waals surface area contributed by atoms with Gasteiger partial charge in [0.2, 0.25) is 0 Å². The Kier molecular flexibility index (Phi) is 3.90. The van der Waals surface area contributed by atoms with Crippen LogP contribution in [0.4, 0.5) is 0 Å². The molecule has 148 valence electrons. The summed E-state index contributed by atoms with van der Waals surface area (Å²) in [4.78, 5) is 33.9. The monoisotopic (exact) mass is 382 g/mol. The molecule has 3 aliphatic rings. The van der Waals surface area contributed by atoms with Crippen molar-refractivity contribution in [3.63, 3.8) is 0 Å². The Morgan fingerprint density at radius 2 is 2.21 bits per heavy atom. The van der Waals surface area contributed by atoms with Crippen molar-refractivity contribution in [3.05, 3.63) is 40.4 Å². The molecule has 3 aliphatic heterocycles. The third-order valence-electron chi connectivity index (χ3n) is 6.81. The Morgan fingerprint density at radius 3 is 3.00 bits per heavy atom. The predicted molar refractivity (Wildman–Crippen MR) is 105 cm³/mol. The van der Waals surface area contributed by atoms with Gasteiger partial charge in [0.25, 0.3) is 11.5 Å². The second kappa shape index (κ2) is 6.12. The summed E-state index contributed by atoms with van der Waals surface area (Å²) in [5.74, 6) is 0.898. The summed E-state index contributed by atoms with van der Waals surface area (Å²) in [6, 6.07) is 5.19. The number of nitrogens with zero attached hydrogens (tertiary/aromatic N) is 4. The van der Waals surface area contributed by atoms with Crippen molar-refractivity contribution in [1.82, 2.24) is 19.4 Å². The van der Waals surface area contributed by atoms with E-state index < -0.39 is 0 Å². The van der Waals surface area contributed by atoms with Crippen LogP contribution < -0.4 is 5.56 Å². The van der Waals surface area contributed by atoms with Crippen molar-refractivity contribution in [2.75, 3.05) is 33.7 Å². The van der Waals surface area contributed by atoms with E-state index in [0.717, 1.165) is 25.9 Å². The van der Waals surface area contributed by atoms with Crippen molar-refractivity contribution >= 4 is 16.8 Å². The minimum absolute atomic E-state index is 0.00352. The van der Waals surface area contributed by atoms with Gasteiger partial charge in [0, 0.05) is 37.5 Å². The first-order chi connectivity index (χ1) is 13.4. The van der Waals surface area contributed by atoms with Crippen molar-refractivity contribution in [3.8, 4) is 0 Å². The van der Waals surface area contributed by atoms with Crippen LogP contribution in [0.3, 0.4) is 0 Å². The zero-order valence-corrected chi connectivity index (χ0v) is 16.6. The van der Waals surface area contributed by atoms with Crippen LogP contribution in [-0.4, -0.2) is 70.7 Å². The van der Waals surface area contributed by atoms with E-state index >= 15 is 0 Å². The summed E-state index contributed by atoms with van der Waals surface area (Å²) in [6.45, 7) is 2.41. The normalized spacial score (nSPS) is 31.1.